The molecule has 6 rings (SSSR count). The van der Waals surface area contributed by atoms with Gasteiger partial charge in [-0.15, -0.1) is 10.2 Å². The molecule has 2 aliphatic rings. The van der Waals surface area contributed by atoms with Crippen molar-refractivity contribution in [2.24, 2.45) is 7.05 Å². The summed E-state index contributed by atoms with van der Waals surface area (Å²) in [7, 11) is 1.90. The number of carbonyl (C=O) groups excluding carboxylic acids is 1. The van der Waals surface area contributed by atoms with Crippen molar-refractivity contribution in [1.82, 2.24) is 29.7 Å². The number of hydrogen-bond acceptors (Lipinski definition) is 12. The summed E-state index contributed by atoms with van der Waals surface area (Å²) in [5.41, 5.74) is 3.65. The Morgan fingerprint density at radius 3 is 2.00 bits per heavy atom. The highest BCUT2D eigenvalue weighted by Gasteiger charge is 2.21. The molecule has 14 heteroatoms. The molecule has 0 unspecified atom stereocenters. The number of hydrogen-bond donors (Lipinski definition) is 2. The number of benzene rings is 2. The molecule has 0 aliphatic carbocycles. The van der Waals surface area contributed by atoms with Crippen molar-refractivity contribution in [2.45, 2.75) is 12.1 Å². The third kappa shape index (κ3) is 7.21. The smallest absolute Gasteiger partial charge is 0.234 e. The van der Waals surface area contributed by atoms with Crippen molar-refractivity contribution in [2.75, 3.05) is 78.8 Å². The Morgan fingerprint density at radius 1 is 0.814 bits per heavy atom. The molecule has 0 saturated carbocycles. The van der Waals surface area contributed by atoms with E-state index in [9.17, 15) is 4.79 Å². The normalized spacial score (nSPS) is 15.4. The maximum atomic E-state index is 12.4. The van der Waals surface area contributed by atoms with Crippen LogP contribution in [0, 0.1) is 6.92 Å². The number of anilines is 5. The second-order valence-corrected chi connectivity index (χ2v) is 11.2. The summed E-state index contributed by atoms with van der Waals surface area (Å²) >= 11 is 1.34. The minimum absolute atomic E-state index is 0.0966. The number of aromatic nitrogens is 6. The van der Waals surface area contributed by atoms with Crippen LogP contribution in [0.5, 0.6) is 0 Å². The minimum atomic E-state index is -0.0966. The Bertz CT molecular complexity index is 1500. The van der Waals surface area contributed by atoms with E-state index < -0.39 is 0 Å². The molecule has 224 valence electrons. The van der Waals surface area contributed by atoms with Gasteiger partial charge in [-0.3, -0.25) is 4.79 Å². The zero-order valence-corrected chi connectivity index (χ0v) is 25.0. The highest BCUT2D eigenvalue weighted by atomic mass is 32.2. The lowest BCUT2D eigenvalue weighted by Crippen LogP contribution is -2.40. The molecule has 2 aromatic carbocycles. The third-order valence-corrected chi connectivity index (χ3v) is 8.12. The second kappa shape index (κ2) is 13.4. The van der Waals surface area contributed by atoms with Gasteiger partial charge in [0.25, 0.3) is 0 Å². The first kappa shape index (κ1) is 28.8. The van der Waals surface area contributed by atoms with Crippen LogP contribution in [0.25, 0.3) is 11.4 Å². The number of nitrogens with zero attached hydrogens (tertiary/aromatic N) is 8. The molecule has 43 heavy (non-hydrogen) atoms. The molecule has 4 aromatic rings. The Balaban J connectivity index is 1.12. The van der Waals surface area contributed by atoms with Crippen LogP contribution in [-0.4, -0.2) is 94.0 Å². The minimum Gasteiger partial charge on any atom is -0.378 e. The van der Waals surface area contributed by atoms with Crippen LogP contribution in [0.3, 0.4) is 0 Å². The average molecular weight is 603 g/mol. The van der Waals surface area contributed by atoms with Crippen LogP contribution >= 0.6 is 11.8 Å². The topological polar surface area (TPSA) is 135 Å². The molecule has 2 fully saturated rings. The number of morpholine rings is 2. The third-order valence-electron chi connectivity index (χ3n) is 7.10. The summed E-state index contributed by atoms with van der Waals surface area (Å²) < 4.78 is 12.9. The Kier molecular flexibility index (Phi) is 8.96. The summed E-state index contributed by atoms with van der Waals surface area (Å²) in [5.74, 6) is 2.59. The first-order valence-corrected chi connectivity index (χ1v) is 15.2. The highest BCUT2D eigenvalue weighted by molar-refractivity contribution is 7.99. The molecule has 0 spiro atoms. The lowest BCUT2D eigenvalue weighted by Gasteiger charge is -2.30. The van der Waals surface area contributed by atoms with E-state index >= 15 is 0 Å². The molecule has 2 aliphatic heterocycles. The molecular weight excluding hydrogens is 568 g/mol. The van der Waals surface area contributed by atoms with Crippen LogP contribution in [0.2, 0.25) is 0 Å². The summed E-state index contributed by atoms with van der Waals surface area (Å²) in [6, 6.07) is 15.6. The van der Waals surface area contributed by atoms with Gasteiger partial charge in [0, 0.05) is 50.2 Å². The Morgan fingerprint density at radius 2 is 1.40 bits per heavy atom. The number of carbonyl (C=O) groups is 1. The number of thioether (sulfide) groups is 1. The first-order valence-electron chi connectivity index (χ1n) is 14.2. The van der Waals surface area contributed by atoms with Crippen molar-refractivity contribution in [1.29, 1.82) is 0 Å². The lowest BCUT2D eigenvalue weighted by atomic mass is 10.2. The molecule has 2 saturated heterocycles. The zero-order chi connectivity index (χ0) is 29.6. The van der Waals surface area contributed by atoms with E-state index in [2.05, 4.69) is 30.6 Å². The SMILES string of the molecule is Cc1ccc(NC(=O)CSc2nnc(-c3ccc(Nc4nc(N5CCOCC5)nc(N5CCOCC5)n4)cc3)n2C)cc1. The van der Waals surface area contributed by atoms with Gasteiger partial charge in [0.15, 0.2) is 11.0 Å². The van der Waals surface area contributed by atoms with Crippen molar-refractivity contribution < 1.29 is 14.3 Å². The van der Waals surface area contributed by atoms with Gasteiger partial charge in [-0.1, -0.05) is 29.5 Å². The van der Waals surface area contributed by atoms with E-state index in [0.717, 1.165) is 48.7 Å². The molecule has 0 bridgehead atoms. The molecule has 4 heterocycles. The van der Waals surface area contributed by atoms with Crippen molar-refractivity contribution in [3.8, 4) is 11.4 Å². The first-order chi connectivity index (χ1) is 21.0. The predicted molar refractivity (Wildman–Crippen MR) is 166 cm³/mol. The van der Waals surface area contributed by atoms with Crippen LogP contribution in [0.1, 0.15) is 5.56 Å². The molecule has 2 N–H and O–H groups in total. The van der Waals surface area contributed by atoms with Crippen molar-refractivity contribution >= 4 is 46.9 Å². The number of ether oxygens (including phenoxy) is 2. The maximum absolute atomic E-state index is 12.4. The fourth-order valence-electron chi connectivity index (χ4n) is 4.71. The van der Waals surface area contributed by atoms with Gasteiger partial charge in [0.2, 0.25) is 23.8 Å². The fourth-order valence-corrected chi connectivity index (χ4v) is 5.42. The summed E-state index contributed by atoms with van der Waals surface area (Å²) in [5, 5.41) is 15.6. The quantitative estimate of drug-likeness (QED) is 0.273. The fraction of sp³-hybridized carbons (Fsp3) is 0.379. The molecule has 2 aromatic heterocycles. The lowest BCUT2D eigenvalue weighted by molar-refractivity contribution is -0.113. The molecule has 13 nitrogen and oxygen atoms in total. The number of aryl methyl sites for hydroxylation is 1. The molecular formula is C29H34N10O3S. The molecule has 1 amide bonds. The van der Waals surface area contributed by atoms with E-state index in [1.54, 1.807) is 0 Å². The van der Waals surface area contributed by atoms with Crippen molar-refractivity contribution in [3.63, 3.8) is 0 Å². The summed E-state index contributed by atoms with van der Waals surface area (Å²) in [6.07, 6.45) is 0. The molecule has 0 radical (unpaired) electrons. The zero-order valence-electron chi connectivity index (χ0n) is 24.2. The maximum Gasteiger partial charge on any atom is 0.234 e. The van der Waals surface area contributed by atoms with Gasteiger partial charge < -0.3 is 34.5 Å². The van der Waals surface area contributed by atoms with Gasteiger partial charge >= 0.3 is 0 Å². The van der Waals surface area contributed by atoms with Crippen LogP contribution in [0.4, 0.5) is 29.2 Å². The van der Waals surface area contributed by atoms with E-state index in [0.29, 0.717) is 55.3 Å². The van der Waals surface area contributed by atoms with Gasteiger partial charge in [-0.05, 0) is 43.3 Å². The van der Waals surface area contributed by atoms with Crippen molar-refractivity contribution in [3.05, 3.63) is 54.1 Å². The standard InChI is InChI=1S/C29H34N10O3S/c1-20-3-7-22(8-4-20)30-24(40)19-43-29-36-35-25(37(29)2)21-5-9-23(10-6-21)31-26-32-27(38-11-15-41-16-12-38)34-28(33-26)39-13-17-42-18-14-39/h3-10H,11-19H2,1-2H3,(H,30,40)(H,31,32,33,34). The van der Waals surface area contributed by atoms with Crippen LogP contribution in [0.15, 0.2) is 53.7 Å². The highest BCUT2D eigenvalue weighted by Crippen LogP contribution is 2.26. The monoisotopic (exact) mass is 602 g/mol. The predicted octanol–water partition coefficient (Wildman–Crippen LogP) is 3.12. The Labute approximate surface area is 254 Å². The van der Waals surface area contributed by atoms with Crippen LogP contribution in [-0.2, 0) is 21.3 Å². The van der Waals surface area contributed by atoms with Gasteiger partial charge in [-0.25, -0.2) is 0 Å². The Hall–Kier alpha value is -4.27. The van der Waals surface area contributed by atoms with Gasteiger partial charge in [0.1, 0.15) is 0 Å². The molecule has 0 atom stereocenters. The van der Waals surface area contributed by atoms with E-state index in [1.807, 2.05) is 67.1 Å². The van der Waals surface area contributed by atoms with E-state index in [4.69, 9.17) is 24.4 Å². The van der Waals surface area contributed by atoms with E-state index in [1.165, 1.54) is 11.8 Å². The number of amides is 1. The number of rotatable bonds is 9. The largest absolute Gasteiger partial charge is 0.378 e. The van der Waals surface area contributed by atoms with E-state index in [-0.39, 0.29) is 11.7 Å². The summed E-state index contributed by atoms with van der Waals surface area (Å²) in [6.45, 7) is 7.52. The number of nitrogens with one attached hydrogen (secondary N) is 2. The van der Waals surface area contributed by atoms with Gasteiger partial charge in [-0.2, -0.15) is 15.0 Å². The second-order valence-electron chi connectivity index (χ2n) is 10.2. The summed E-state index contributed by atoms with van der Waals surface area (Å²) in [4.78, 5) is 30.9. The van der Waals surface area contributed by atoms with Gasteiger partial charge in [0.05, 0.1) is 32.2 Å². The van der Waals surface area contributed by atoms with Crippen LogP contribution < -0.4 is 20.4 Å². The average Bonchev–Trinajstić information content (AvgIpc) is 3.42.